The van der Waals surface area contributed by atoms with Gasteiger partial charge in [0.1, 0.15) is 28.9 Å². The number of unbranched alkanes of at least 4 members (excludes halogenated alkanes) is 2. The molecule has 2 aromatic carbocycles. The maximum atomic E-state index is 14.7. The summed E-state index contributed by atoms with van der Waals surface area (Å²) in [4.78, 5) is 36.1. The average molecular weight is 549 g/mol. The van der Waals surface area contributed by atoms with Crippen LogP contribution in [-0.2, 0) is 16.0 Å². The Morgan fingerprint density at radius 2 is 1.77 bits per heavy atom. The van der Waals surface area contributed by atoms with Crippen LogP contribution in [0.25, 0.3) is 22.2 Å². The van der Waals surface area contributed by atoms with Gasteiger partial charge < -0.3 is 24.8 Å². The van der Waals surface area contributed by atoms with Crippen LogP contribution < -0.4 is 14.8 Å². The number of imidazole rings is 1. The summed E-state index contributed by atoms with van der Waals surface area (Å²) in [7, 11) is 3.10. The number of amides is 1. The second kappa shape index (κ2) is 13.3. The van der Waals surface area contributed by atoms with Gasteiger partial charge in [0, 0.05) is 41.1 Å². The lowest BCUT2D eigenvalue weighted by Crippen LogP contribution is -2.30. The summed E-state index contributed by atoms with van der Waals surface area (Å²) in [6.07, 6.45) is 5.98. The van der Waals surface area contributed by atoms with Crippen LogP contribution in [0.2, 0.25) is 0 Å². The van der Waals surface area contributed by atoms with Crippen molar-refractivity contribution in [3.63, 3.8) is 0 Å². The molecule has 0 fully saturated rings. The van der Waals surface area contributed by atoms with E-state index < -0.39 is 11.9 Å². The molecule has 3 N–H and O–H groups in total. The van der Waals surface area contributed by atoms with E-state index in [0.717, 1.165) is 47.2 Å². The Bertz CT molecular complexity index is 1480. The molecule has 2 heterocycles. The first-order chi connectivity index (χ1) is 19.3. The molecular formula is C31H37FN4O4. The number of hydrogen-bond acceptors (Lipinski definition) is 5. The topological polar surface area (TPSA) is 109 Å². The molecule has 0 spiro atoms. The zero-order valence-corrected chi connectivity index (χ0v) is 23.5. The minimum atomic E-state index is -0.430. The van der Waals surface area contributed by atoms with E-state index in [4.69, 9.17) is 9.47 Å². The molecule has 4 aromatic rings. The van der Waals surface area contributed by atoms with Gasteiger partial charge in [-0.2, -0.15) is 0 Å². The molecule has 0 aliphatic carbocycles. The number of carbonyl (C=O) groups excluding carboxylic acids is 2. The Kier molecular flexibility index (Phi) is 9.58. The van der Waals surface area contributed by atoms with Crippen molar-refractivity contribution in [2.45, 2.75) is 64.8 Å². The maximum Gasteiger partial charge on any atom is 0.225 e. The van der Waals surface area contributed by atoms with Crippen LogP contribution in [0.15, 0.2) is 42.6 Å². The number of aromatic nitrogens is 3. The molecule has 4 rings (SSSR count). The first-order valence-corrected chi connectivity index (χ1v) is 13.7. The van der Waals surface area contributed by atoms with Crippen molar-refractivity contribution in [3.05, 3.63) is 65.5 Å². The molecule has 0 radical (unpaired) electrons. The lowest BCUT2D eigenvalue weighted by molar-refractivity contribution is -0.121. The number of carbonyl (C=O) groups is 2. The summed E-state index contributed by atoms with van der Waals surface area (Å²) < 4.78 is 25.2. The lowest BCUT2D eigenvalue weighted by atomic mass is 10.0. The van der Waals surface area contributed by atoms with Gasteiger partial charge in [-0.3, -0.25) is 9.59 Å². The molecule has 0 aliphatic rings. The predicted octanol–water partition coefficient (Wildman–Crippen LogP) is 6.35. The van der Waals surface area contributed by atoms with Gasteiger partial charge in [-0.05, 0) is 55.7 Å². The third-order valence-corrected chi connectivity index (χ3v) is 7.23. The quantitative estimate of drug-likeness (QED) is 0.159. The maximum absolute atomic E-state index is 14.7. The number of fused-ring (bicyclic) bond motifs is 1. The summed E-state index contributed by atoms with van der Waals surface area (Å²) >= 11 is 0. The van der Waals surface area contributed by atoms with Gasteiger partial charge in [-0.15, -0.1) is 0 Å². The highest BCUT2D eigenvalue weighted by molar-refractivity contribution is 5.91. The molecule has 2 aromatic heterocycles. The highest BCUT2D eigenvalue weighted by atomic mass is 19.1. The van der Waals surface area contributed by atoms with Crippen molar-refractivity contribution in [2.75, 3.05) is 14.2 Å². The number of ketones is 1. The van der Waals surface area contributed by atoms with Crippen molar-refractivity contribution in [3.8, 4) is 22.8 Å². The van der Waals surface area contributed by atoms with E-state index in [1.807, 2.05) is 32.0 Å². The van der Waals surface area contributed by atoms with Crippen molar-refractivity contribution in [1.29, 1.82) is 0 Å². The van der Waals surface area contributed by atoms with Gasteiger partial charge >= 0.3 is 0 Å². The van der Waals surface area contributed by atoms with Gasteiger partial charge in [-0.1, -0.05) is 19.8 Å². The average Bonchev–Trinajstić information content (AvgIpc) is 3.56. The van der Waals surface area contributed by atoms with Crippen LogP contribution in [-0.4, -0.2) is 40.9 Å². The van der Waals surface area contributed by atoms with Crippen LogP contribution in [0, 0.1) is 12.7 Å². The standard InChI is InChI=1S/C31H37FN4O4/c1-5-20(37)9-7-6-8-10-28(31-33-18-29(36-31)23-13-11-22(40-4)16-26(23)32)35-30(38)17-24-19(2)34-27-14-12-21(39-3)15-25(24)27/h11-16,18,28,34H,5-10,17H2,1-4H3,(H,33,36)(H,35,38). The minimum absolute atomic E-state index is 0.147. The molecule has 1 atom stereocenters. The van der Waals surface area contributed by atoms with E-state index in [0.29, 0.717) is 42.1 Å². The monoisotopic (exact) mass is 548 g/mol. The number of aryl methyl sites for hydroxylation is 1. The van der Waals surface area contributed by atoms with E-state index >= 15 is 0 Å². The Balaban J connectivity index is 1.52. The van der Waals surface area contributed by atoms with Gasteiger partial charge in [0.25, 0.3) is 0 Å². The summed E-state index contributed by atoms with van der Waals surface area (Å²) in [5.41, 5.74) is 3.65. The minimum Gasteiger partial charge on any atom is -0.497 e. The van der Waals surface area contributed by atoms with Crippen LogP contribution in [0.1, 0.15) is 68.6 Å². The number of nitrogens with zero attached hydrogens (tertiary/aromatic N) is 1. The number of aromatic amines is 2. The smallest absolute Gasteiger partial charge is 0.225 e. The number of hydrogen-bond donors (Lipinski definition) is 3. The van der Waals surface area contributed by atoms with Gasteiger partial charge in [0.15, 0.2) is 0 Å². The van der Waals surface area contributed by atoms with E-state index in [9.17, 15) is 14.0 Å². The number of nitrogens with one attached hydrogen (secondary N) is 3. The van der Waals surface area contributed by atoms with E-state index in [-0.39, 0.29) is 18.1 Å². The van der Waals surface area contributed by atoms with Crippen molar-refractivity contribution >= 4 is 22.6 Å². The third kappa shape index (κ3) is 6.89. The molecule has 40 heavy (non-hydrogen) atoms. The van der Waals surface area contributed by atoms with Gasteiger partial charge in [0.2, 0.25) is 5.91 Å². The third-order valence-electron chi connectivity index (χ3n) is 7.23. The molecule has 0 saturated heterocycles. The van der Waals surface area contributed by atoms with Crippen LogP contribution in [0.3, 0.4) is 0 Å². The fourth-order valence-corrected chi connectivity index (χ4v) is 4.92. The van der Waals surface area contributed by atoms with Crippen LogP contribution in [0.4, 0.5) is 4.39 Å². The number of methoxy groups -OCH3 is 2. The van der Waals surface area contributed by atoms with Crippen molar-refractivity contribution in [2.24, 2.45) is 0 Å². The Morgan fingerprint density at radius 1 is 1.02 bits per heavy atom. The fourth-order valence-electron chi connectivity index (χ4n) is 4.92. The zero-order valence-electron chi connectivity index (χ0n) is 23.5. The van der Waals surface area contributed by atoms with Gasteiger partial charge in [-0.25, -0.2) is 9.37 Å². The van der Waals surface area contributed by atoms with Crippen molar-refractivity contribution < 1.29 is 23.5 Å². The highest BCUT2D eigenvalue weighted by Gasteiger charge is 2.21. The molecule has 212 valence electrons. The first-order valence-electron chi connectivity index (χ1n) is 13.7. The number of halogens is 1. The highest BCUT2D eigenvalue weighted by Crippen LogP contribution is 2.29. The largest absolute Gasteiger partial charge is 0.497 e. The van der Waals surface area contributed by atoms with E-state index in [1.165, 1.54) is 13.2 Å². The normalized spacial score (nSPS) is 11.9. The Hall–Kier alpha value is -4.14. The van der Waals surface area contributed by atoms with E-state index in [1.54, 1.807) is 25.4 Å². The molecular weight excluding hydrogens is 511 g/mol. The second-order valence-corrected chi connectivity index (χ2v) is 9.96. The van der Waals surface area contributed by atoms with Crippen LogP contribution >= 0.6 is 0 Å². The summed E-state index contributed by atoms with van der Waals surface area (Å²) in [5.74, 6) is 1.39. The number of H-pyrrole nitrogens is 2. The van der Waals surface area contributed by atoms with Crippen LogP contribution in [0.5, 0.6) is 11.5 Å². The Morgan fingerprint density at radius 3 is 2.50 bits per heavy atom. The SMILES string of the molecule is CCC(=O)CCCCCC(NC(=O)Cc1c(C)[nH]c2ccc(OC)cc12)c1ncc(-c2ccc(OC)cc2F)[nH]1. The number of ether oxygens (including phenoxy) is 2. The molecule has 0 aliphatic heterocycles. The number of benzene rings is 2. The summed E-state index contributed by atoms with van der Waals surface area (Å²) in [6, 6.07) is 10.0. The Labute approximate surface area is 233 Å². The summed E-state index contributed by atoms with van der Waals surface area (Å²) in [5, 5.41) is 4.09. The zero-order chi connectivity index (χ0) is 28.6. The molecule has 1 unspecified atom stereocenters. The molecule has 1 amide bonds. The summed E-state index contributed by atoms with van der Waals surface area (Å²) in [6.45, 7) is 3.83. The second-order valence-electron chi connectivity index (χ2n) is 9.96. The van der Waals surface area contributed by atoms with Gasteiger partial charge in [0.05, 0.1) is 38.6 Å². The molecule has 8 nitrogen and oxygen atoms in total. The molecule has 0 bridgehead atoms. The predicted molar refractivity (Wildman–Crippen MR) is 153 cm³/mol. The first kappa shape index (κ1) is 28.9. The fraction of sp³-hybridized carbons (Fsp3) is 0.387. The van der Waals surface area contributed by atoms with Crippen molar-refractivity contribution in [1.82, 2.24) is 20.3 Å². The molecule has 9 heteroatoms. The lowest BCUT2D eigenvalue weighted by Gasteiger charge is -2.17. The number of rotatable bonds is 14. The molecule has 0 saturated carbocycles. The van der Waals surface area contributed by atoms with E-state index in [2.05, 4.69) is 20.3 Å². The number of Topliss-reactive ketones (excluding diaryl/α,β-unsaturated/α-hetero) is 1.